The maximum absolute atomic E-state index is 5.45. The largest absolute Gasteiger partial charge is 0.378 e. The fourth-order valence-electron chi connectivity index (χ4n) is 4.69. The Morgan fingerprint density at radius 3 is 2.93 bits per heavy atom. The topological polar surface area (TPSA) is 59.3 Å². The Morgan fingerprint density at radius 2 is 2.15 bits per heavy atom. The lowest BCUT2D eigenvalue weighted by atomic mass is 9.98. The first-order chi connectivity index (χ1) is 13.2. The molecular formula is C20H26N6O. The minimum atomic E-state index is 0.420. The second-order valence-electron chi connectivity index (χ2n) is 7.70. The first-order valence-corrected chi connectivity index (χ1v) is 9.84. The third kappa shape index (κ3) is 2.95. The molecule has 0 spiro atoms. The highest BCUT2D eigenvalue weighted by atomic mass is 16.5. The van der Waals surface area contributed by atoms with E-state index in [0.29, 0.717) is 12.1 Å². The molecule has 2 aromatic rings. The lowest BCUT2D eigenvalue weighted by Crippen LogP contribution is -2.40. The van der Waals surface area contributed by atoms with Crippen molar-refractivity contribution in [1.82, 2.24) is 24.6 Å². The van der Waals surface area contributed by atoms with Gasteiger partial charge in [0.05, 0.1) is 24.6 Å². The molecule has 27 heavy (non-hydrogen) atoms. The van der Waals surface area contributed by atoms with E-state index in [2.05, 4.69) is 40.8 Å². The van der Waals surface area contributed by atoms with Crippen molar-refractivity contribution in [1.29, 1.82) is 0 Å². The van der Waals surface area contributed by atoms with Gasteiger partial charge in [-0.05, 0) is 19.8 Å². The number of morpholine rings is 1. The third-order valence-corrected chi connectivity index (χ3v) is 6.17. The number of hydrogen-bond acceptors (Lipinski definition) is 6. The summed E-state index contributed by atoms with van der Waals surface area (Å²) in [6.07, 6.45) is 9.34. The summed E-state index contributed by atoms with van der Waals surface area (Å²) >= 11 is 0. The van der Waals surface area contributed by atoms with Gasteiger partial charge in [-0.25, -0.2) is 14.6 Å². The quantitative estimate of drug-likeness (QED) is 0.827. The number of nitrogens with zero attached hydrogens (tertiary/aromatic N) is 6. The first kappa shape index (κ1) is 16.9. The predicted molar refractivity (Wildman–Crippen MR) is 103 cm³/mol. The summed E-state index contributed by atoms with van der Waals surface area (Å²) in [6, 6.07) is 0.977. The summed E-state index contributed by atoms with van der Waals surface area (Å²) in [5.41, 5.74) is 4.92. The number of fused-ring (bicyclic) bond motifs is 4. The predicted octanol–water partition coefficient (Wildman–Crippen LogP) is 2.18. The third-order valence-electron chi connectivity index (χ3n) is 6.17. The molecule has 3 aliphatic rings. The normalized spacial score (nSPS) is 24.9. The van der Waals surface area contributed by atoms with Crippen LogP contribution in [0, 0.1) is 6.92 Å². The molecule has 7 heteroatoms. The van der Waals surface area contributed by atoms with E-state index < -0.39 is 0 Å². The van der Waals surface area contributed by atoms with E-state index in [-0.39, 0.29) is 0 Å². The molecule has 5 rings (SSSR count). The van der Waals surface area contributed by atoms with Crippen LogP contribution < -0.4 is 4.90 Å². The van der Waals surface area contributed by atoms with E-state index in [9.17, 15) is 0 Å². The average molecular weight is 366 g/mol. The van der Waals surface area contributed by atoms with E-state index in [1.165, 1.54) is 29.7 Å². The van der Waals surface area contributed by atoms with Crippen molar-refractivity contribution in [3.8, 4) is 0 Å². The Hall–Kier alpha value is -2.25. The molecule has 3 aliphatic heterocycles. The van der Waals surface area contributed by atoms with Crippen molar-refractivity contribution < 1.29 is 4.74 Å². The molecule has 0 aliphatic carbocycles. The minimum absolute atomic E-state index is 0.420. The second kappa shape index (κ2) is 6.73. The summed E-state index contributed by atoms with van der Waals surface area (Å²) < 4.78 is 7.26. The smallest absolute Gasteiger partial charge is 0.225 e. The van der Waals surface area contributed by atoms with Crippen molar-refractivity contribution in [2.75, 3.05) is 31.2 Å². The molecule has 0 N–H and O–H groups in total. The Morgan fingerprint density at radius 1 is 1.30 bits per heavy atom. The standard InChI is InChI=1S/C20H26N6O/c1-3-25-12-15(14(2)23-25)13-26-16-4-5-19(26)17-11-21-20(22-18(17)10-16)24-6-8-27-9-7-24/h3,11-12,16,19H,1,4-10,13H2,2H3/t16-,19+/m0/s1. The van der Waals surface area contributed by atoms with E-state index in [0.717, 1.165) is 50.9 Å². The molecule has 0 aromatic carbocycles. The van der Waals surface area contributed by atoms with Crippen LogP contribution in [0.5, 0.6) is 0 Å². The van der Waals surface area contributed by atoms with Gasteiger partial charge in [-0.2, -0.15) is 5.10 Å². The van der Waals surface area contributed by atoms with Gasteiger partial charge in [-0.3, -0.25) is 4.90 Å². The average Bonchev–Trinajstić information content (AvgIpc) is 3.20. The summed E-state index contributed by atoms with van der Waals surface area (Å²) in [6.45, 7) is 10.1. The lowest BCUT2D eigenvalue weighted by Gasteiger charge is -2.36. The van der Waals surface area contributed by atoms with Crippen LogP contribution in [0.2, 0.25) is 0 Å². The van der Waals surface area contributed by atoms with Crippen molar-refractivity contribution in [3.05, 3.63) is 41.5 Å². The lowest BCUT2D eigenvalue weighted by molar-refractivity contribution is 0.122. The number of ether oxygens (including phenoxy) is 1. The fraction of sp³-hybridized carbons (Fsp3) is 0.550. The van der Waals surface area contributed by atoms with Crippen LogP contribution in [-0.2, 0) is 17.7 Å². The van der Waals surface area contributed by atoms with Gasteiger partial charge in [0.2, 0.25) is 5.95 Å². The van der Waals surface area contributed by atoms with E-state index >= 15 is 0 Å². The molecule has 0 saturated carbocycles. The van der Waals surface area contributed by atoms with Crippen LogP contribution in [0.4, 0.5) is 5.95 Å². The molecule has 2 bridgehead atoms. The first-order valence-electron chi connectivity index (χ1n) is 9.84. The maximum Gasteiger partial charge on any atom is 0.225 e. The second-order valence-corrected chi connectivity index (χ2v) is 7.70. The van der Waals surface area contributed by atoms with Crippen LogP contribution in [0.3, 0.4) is 0 Å². The summed E-state index contributed by atoms with van der Waals surface area (Å²) in [7, 11) is 0. The summed E-state index contributed by atoms with van der Waals surface area (Å²) in [4.78, 5) is 14.5. The molecule has 2 atom stereocenters. The fourth-order valence-corrected chi connectivity index (χ4v) is 4.69. The van der Waals surface area contributed by atoms with Gasteiger partial charge < -0.3 is 9.64 Å². The van der Waals surface area contributed by atoms with Gasteiger partial charge in [0.25, 0.3) is 0 Å². The van der Waals surface area contributed by atoms with Crippen LogP contribution in [0.1, 0.15) is 41.4 Å². The van der Waals surface area contributed by atoms with Gasteiger partial charge in [-0.15, -0.1) is 0 Å². The molecule has 0 unspecified atom stereocenters. The number of hydrogen-bond donors (Lipinski definition) is 0. The van der Waals surface area contributed by atoms with Gasteiger partial charge in [0, 0.05) is 67.9 Å². The molecule has 2 saturated heterocycles. The Bertz CT molecular complexity index is 856. The highest BCUT2D eigenvalue weighted by Crippen LogP contribution is 2.44. The van der Waals surface area contributed by atoms with Crippen LogP contribution in [0.25, 0.3) is 6.20 Å². The van der Waals surface area contributed by atoms with Crippen LogP contribution >= 0.6 is 0 Å². The number of anilines is 1. The molecule has 2 aromatic heterocycles. The molecule has 2 fully saturated rings. The van der Waals surface area contributed by atoms with E-state index in [1.807, 2.05) is 4.68 Å². The van der Waals surface area contributed by atoms with Gasteiger partial charge in [-0.1, -0.05) is 6.58 Å². The zero-order valence-electron chi connectivity index (χ0n) is 15.8. The Labute approximate surface area is 159 Å². The maximum atomic E-state index is 5.45. The van der Waals surface area contributed by atoms with Crippen LogP contribution in [0.15, 0.2) is 19.0 Å². The highest BCUT2D eigenvalue weighted by molar-refractivity contribution is 5.38. The Kier molecular flexibility index (Phi) is 4.21. The number of aromatic nitrogens is 4. The molecule has 142 valence electrons. The zero-order valence-corrected chi connectivity index (χ0v) is 15.8. The summed E-state index contributed by atoms with van der Waals surface area (Å²) in [5.74, 6) is 0.869. The van der Waals surface area contributed by atoms with Crippen LogP contribution in [-0.4, -0.2) is 57.0 Å². The molecule has 7 nitrogen and oxygen atoms in total. The zero-order chi connectivity index (χ0) is 18.4. The van der Waals surface area contributed by atoms with Crippen molar-refractivity contribution >= 4 is 12.1 Å². The highest BCUT2D eigenvalue weighted by Gasteiger charge is 2.41. The van der Waals surface area contributed by atoms with E-state index in [1.54, 1.807) is 6.20 Å². The van der Waals surface area contributed by atoms with Crippen molar-refractivity contribution in [2.24, 2.45) is 0 Å². The Balaban J connectivity index is 1.40. The monoisotopic (exact) mass is 366 g/mol. The molecular weight excluding hydrogens is 340 g/mol. The van der Waals surface area contributed by atoms with Crippen molar-refractivity contribution in [3.63, 3.8) is 0 Å². The summed E-state index contributed by atoms with van der Waals surface area (Å²) in [5, 5.41) is 4.50. The minimum Gasteiger partial charge on any atom is -0.378 e. The van der Waals surface area contributed by atoms with Gasteiger partial charge in [0.15, 0.2) is 0 Å². The van der Waals surface area contributed by atoms with Crippen molar-refractivity contribution in [2.45, 2.75) is 44.8 Å². The molecule has 0 radical (unpaired) electrons. The number of rotatable bonds is 4. The molecule has 5 heterocycles. The van der Waals surface area contributed by atoms with Gasteiger partial charge >= 0.3 is 0 Å². The SMILES string of the molecule is C=Cn1cc(CN2[C@H]3CC[C@@H]2c2cnc(N4CCOCC4)nc2C3)c(C)n1. The number of aryl methyl sites for hydroxylation is 1. The van der Waals surface area contributed by atoms with Gasteiger partial charge in [0.1, 0.15) is 0 Å². The van der Waals surface area contributed by atoms with E-state index in [4.69, 9.17) is 14.7 Å². The molecule has 0 amide bonds.